The maximum absolute atomic E-state index is 11.7. The van der Waals surface area contributed by atoms with Gasteiger partial charge in [-0.25, -0.2) is 4.79 Å². The maximum atomic E-state index is 11.7. The lowest BCUT2D eigenvalue weighted by Crippen LogP contribution is -2.65. The Bertz CT molecular complexity index is 587. The van der Waals surface area contributed by atoms with Crippen molar-refractivity contribution in [1.82, 2.24) is 5.32 Å². The molecule has 4 atom stereocenters. The second kappa shape index (κ2) is 7.13. The van der Waals surface area contributed by atoms with Gasteiger partial charge in [-0.15, -0.1) is 0 Å². The van der Waals surface area contributed by atoms with Crippen molar-refractivity contribution in [2.45, 2.75) is 32.6 Å². The summed E-state index contributed by atoms with van der Waals surface area (Å²) < 4.78 is 10.1. The topological polar surface area (TPSA) is 102 Å². The minimum absolute atomic E-state index is 0.0677. The van der Waals surface area contributed by atoms with E-state index in [0.717, 1.165) is 5.56 Å². The number of carboxylic acids is 1. The van der Waals surface area contributed by atoms with Crippen molar-refractivity contribution in [3.8, 4) is 0 Å². The van der Waals surface area contributed by atoms with Crippen LogP contribution in [0.4, 0.5) is 4.79 Å². The van der Waals surface area contributed by atoms with E-state index in [4.69, 9.17) is 14.6 Å². The fourth-order valence-electron chi connectivity index (χ4n) is 2.49. The van der Waals surface area contributed by atoms with Gasteiger partial charge in [-0.2, -0.15) is 0 Å². The van der Waals surface area contributed by atoms with E-state index in [0.29, 0.717) is 0 Å². The number of carbonyl (C=O) groups is 3. The number of amides is 1. The van der Waals surface area contributed by atoms with Gasteiger partial charge in [0.1, 0.15) is 12.7 Å². The van der Waals surface area contributed by atoms with Crippen LogP contribution in [0.2, 0.25) is 0 Å². The molecule has 1 aliphatic rings. The fraction of sp³-hybridized carbons (Fsp3) is 0.438. The second-order valence-corrected chi connectivity index (χ2v) is 5.53. The highest BCUT2D eigenvalue weighted by molar-refractivity contribution is 5.89. The number of carbonyl (C=O) groups excluding carboxylic acids is 2. The van der Waals surface area contributed by atoms with E-state index in [-0.39, 0.29) is 12.5 Å². The Morgan fingerprint density at radius 3 is 2.48 bits per heavy atom. The number of hydrogen-bond acceptors (Lipinski definition) is 5. The van der Waals surface area contributed by atoms with Crippen molar-refractivity contribution < 1.29 is 29.0 Å². The molecule has 0 bridgehead atoms. The molecule has 7 heteroatoms. The zero-order chi connectivity index (χ0) is 17.0. The van der Waals surface area contributed by atoms with Crippen LogP contribution < -0.4 is 5.32 Å². The summed E-state index contributed by atoms with van der Waals surface area (Å²) in [5, 5.41) is 11.5. The highest BCUT2D eigenvalue weighted by atomic mass is 16.7. The Morgan fingerprint density at radius 1 is 1.26 bits per heavy atom. The predicted octanol–water partition coefficient (Wildman–Crippen LogP) is 1.56. The molecule has 0 radical (unpaired) electrons. The van der Waals surface area contributed by atoms with Gasteiger partial charge in [0.15, 0.2) is 0 Å². The second-order valence-electron chi connectivity index (χ2n) is 5.53. The van der Waals surface area contributed by atoms with E-state index < -0.39 is 36.1 Å². The first-order valence-corrected chi connectivity index (χ1v) is 7.30. The molecule has 1 heterocycles. The molecule has 23 heavy (non-hydrogen) atoms. The molecular weight excluding hydrogens is 302 g/mol. The number of benzene rings is 1. The smallest absolute Gasteiger partial charge is 0.481 e. The van der Waals surface area contributed by atoms with E-state index in [1.807, 2.05) is 18.2 Å². The first kappa shape index (κ1) is 16.8. The van der Waals surface area contributed by atoms with Crippen molar-refractivity contribution in [3.63, 3.8) is 0 Å². The van der Waals surface area contributed by atoms with Gasteiger partial charge in [0.2, 0.25) is 5.91 Å². The van der Waals surface area contributed by atoms with Crippen molar-refractivity contribution in [3.05, 3.63) is 35.9 Å². The summed E-state index contributed by atoms with van der Waals surface area (Å²) in [6, 6.07) is 8.55. The monoisotopic (exact) mass is 321 g/mol. The Balaban J connectivity index is 1.85. The largest absolute Gasteiger partial charge is 0.508 e. The summed E-state index contributed by atoms with van der Waals surface area (Å²) in [5.41, 5.74) is 0.816. The normalized spacial score (nSPS) is 22.3. The summed E-state index contributed by atoms with van der Waals surface area (Å²) in [6.07, 6.45) is -1.65. The summed E-state index contributed by atoms with van der Waals surface area (Å²) in [7, 11) is 0. The number of rotatable bonds is 6. The lowest BCUT2D eigenvalue weighted by molar-refractivity contribution is -0.152. The molecule has 0 aromatic heterocycles. The molecule has 1 fully saturated rings. The van der Waals surface area contributed by atoms with Gasteiger partial charge in [-0.05, 0) is 19.4 Å². The number of carboxylic acid groups (broad SMARTS) is 1. The average Bonchev–Trinajstić information content (AvgIpc) is 2.50. The fourth-order valence-corrected chi connectivity index (χ4v) is 2.49. The lowest BCUT2D eigenvalue weighted by atomic mass is 9.79. The molecule has 2 unspecified atom stereocenters. The van der Waals surface area contributed by atoms with E-state index in [1.165, 1.54) is 6.92 Å². The lowest BCUT2D eigenvalue weighted by Gasteiger charge is -2.41. The molecule has 124 valence electrons. The van der Waals surface area contributed by atoms with Gasteiger partial charge in [-0.1, -0.05) is 30.3 Å². The molecule has 0 saturated carbocycles. The number of aliphatic carboxylic acids is 1. The van der Waals surface area contributed by atoms with Gasteiger partial charge in [-0.3, -0.25) is 9.59 Å². The standard InChI is InChI=1S/C16H19NO6/c1-9(15(19)20)13-12(14(18)17-13)10(2)23-16(21)22-8-11-6-4-3-5-7-11/h3-7,9-10,12-13H,8H2,1-2H3,(H,17,18)(H,19,20)/t9?,10?,12-,13-/m1/s1. The van der Waals surface area contributed by atoms with Gasteiger partial charge in [0, 0.05) is 0 Å². The van der Waals surface area contributed by atoms with Gasteiger partial charge >= 0.3 is 12.1 Å². The molecule has 1 aromatic rings. The zero-order valence-electron chi connectivity index (χ0n) is 12.9. The quantitative estimate of drug-likeness (QED) is 0.609. The molecule has 1 aliphatic heterocycles. The first-order chi connectivity index (χ1) is 10.9. The van der Waals surface area contributed by atoms with Crippen LogP contribution in [-0.4, -0.2) is 35.3 Å². The van der Waals surface area contributed by atoms with Gasteiger partial charge in [0.25, 0.3) is 0 Å². The Labute approximate surface area is 133 Å². The molecule has 1 aromatic carbocycles. The SMILES string of the molecule is CC(C(=O)O)[C@H]1NC(=O)[C@@H]1C(C)OC(=O)OCc1ccccc1. The summed E-state index contributed by atoms with van der Waals surface area (Å²) in [5.74, 6) is -2.79. The summed E-state index contributed by atoms with van der Waals surface area (Å²) in [6.45, 7) is 3.12. The third-order valence-corrected chi connectivity index (χ3v) is 3.91. The van der Waals surface area contributed by atoms with Gasteiger partial charge in [0.05, 0.1) is 17.9 Å². The molecule has 1 saturated heterocycles. The predicted molar refractivity (Wildman–Crippen MR) is 79.4 cm³/mol. The third-order valence-electron chi connectivity index (χ3n) is 3.91. The van der Waals surface area contributed by atoms with Gasteiger partial charge < -0.3 is 19.9 Å². The Kier molecular flexibility index (Phi) is 5.20. The molecular formula is C16H19NO6. The first-order valence-electron chi connectivity index (χ1n) is 7.30. The van der Waals surface area contributed by atoms with Crippen LogP contribution in [0.5, 0.6) is 0 Å². The minimum atomic E-state index is -1.01. The van der Waals surface area contributed by atoms with Crippen LogP contribution in [0.25, 0.3) is 0 Å². The van der Waals surface area contributed by atoms with Crippen LogP contribution in [0.1, 0.15) is 19.4 Å². The molecule has 0 aliphatic carbocycles. The molecule has 7 nitrogen and oxygen atoms in total. The number of ether oxygens (including phenoxy) is 2. The highest BCUT2D eigenvalue weighted by Gasteiger charge is 2.49. The summed E-state index contributed by atoms with van der Waals surface area (Å²) >= 11 is 0. The number of hydrogen-bond donors (Lipinski definition) is 2. The Hall–Kier alpha value is -2.57. The number of β-lactam (4-membered cyclic amide) rings is 1. The van der Waals surface area contributed by atoms with Crippen LogP contribution in [-0.2, 0) is 25.7 Å². The average molecular weight is 321 g/mol. The maximum Gasteiger partial charge on any atom is 0.508 e. The van der Waals surface area contributed by atoms with Crippen LogP contribution in [0, 0.1) is 11.8 Å². The van der Waals surface area contributed by atoms with E-state index in [2.05, 4.69) is 5.32 Å². The molecule has 1 amide bonds. The molecule has 2 rings (SSSR count). The van der Waals surface area contributed by atoms with Crippen molar-refractivity contribution in [2.75, 3.05) is 0 Å². The highest BCUT2D eigenvalue weighted by Crippen LogP contribution is 2.27. The van der Waals surface area contributed by atoms with E-state index >= 15 is 0 Å². The van der Waals surface area contributed by atoms with Crippen molar-refractivity contribution in [1.29, 1.82) is 0 Å². The summed E-state index contributed by atoms with van der Waals surface area (Å²) in [4.78, 5) is 34.3. The van der Waals surface area contributed by atoms with Crippen molar-refractivity contribution in [2.24, 2.45) is 11.8 Å². The number of nitrogens with one attached hydrogen (secondary N) is 1. The Morgan fingerprint density at radius 2 is 1.91 bits per heavy atom. The minimum Gasteiger partial charge on any atom is -0.481 e. The van der Waals surface area contributed by atoms with Crippen LogP contribution in [0.3, 0.4) is 0 Å². The van der Waals surface area contributed by atoms with Crippen LogP contribution >= 0.6 is 0 Å². The van der Waals surface area contributed by atoms with E-state index in [1.54, 1.807) is 19.1 Å². The van der Waals surface area contributed by atoms with Crippen molar-refractivity contribution >= 4 is 18.0 Å². The molecule has 0 spiro atoms. The zero-order valence-corrected chi connectivity index (χ0v) is 12.9. The van der Waals surface area contributed by atoms with E-state index in [9.17, 15) is 14.4 Å². The third kappa shape index (κ3) is 4.00. The molecule has 2 N–H and O–H groups in total. The van der Waals surface area contributed by atoms with Crippen LogP contribution in [0.15, 0.2) is 30.3 Å².